The Hall–Kier alpha value is -0.790. The summed E-state index contributed by atoms with van der Waals surface area (Å²) in [5, 5.41) is 7.18. The van der Waals surface area contributed by atoms with Crippen LogP contribution in [0.15, 0.2) is 6.20 Å². The third-order valence-corrected chi connectivity index (χ3v) is 4.71. The van der Waals surface area contributed by atoms with Crippen LogP contribution >= 0.6 is 0 Å². The largest absolute Gasteiger partial charge is 0.282 e. The fourth-order valence-corrected chi connectivity index (χ4v) is 3.12. The predicted molar refractivity (Wildman–Crippen MR) is 97.3 cm³/mol. The number of hydrogen-bond donors (Lipinski definition) is 1. The van der Waals surface area contributed by atoms with Gasteiger partial charge in [-0.05, 0) is 25.3 Å². The summed E-state index contributed by atoms with van der Waals surface area (Å²) in [4.78, 5) is 0. The van der Waals surface area contributed by atoms with Gasteiger partial charge in [0.1, 0.15) is 0 Å². The first kappa shape index (κ1) is 19.3. The minimum Gasteiger partial charge on any atom is -0.282 e. The van der Waals surface area contributed by atoms with Crippen molar-refractivity contribution in [2.75, 3.05) is 0 Å². The fourth-order valence-electron chi connectivity index (χ4n) is 3.12. The summed E-state index contributed by atoms with van der Waals surface area (Å²) in [7, 11) is 0. The Morgan fingerprint density at radius 1 is 0.727 bits per heavy atom. The highest BCUT2D eigenvalue weighted by molar-refractivity contribution is 5.13. The quantitative estimate of drug-likeness (QED) is 0.357. The zero-order valence-corrected chi connectivity index (χ0v) is 15.1. The molecule has 0 amide bonds. The molecule has 0 radical (unpaired) electrons. The molecule has 0 aliphatic carbocycles. The van der Waals surface area contributed by atoms with Crippen molar-refractivity contribution in [1.82, 2.24) is 10.2 Å². The summed E-state index contributed by atoms with van der Waals surface area (Å²) in [5.74, 6) is 0. The molecular weight excluding hydrogens is 268 g/mol. The Kier molecular flexibility index (Phi) is 12.1. The number of aromatic nitrogens is 2. The van der Waals surface area contributed by atoms with E-state index in [9.17, 15) is 0 Å². The highest BCUT2D eigenvalue weighted by Gasteiger charge is 1.99. The van der Waals surface area contributed by atoms with E-state index in [1.54, 1.807) is 0 Å². The molecule has 0 fully saturated rings. The van der Waals surface area contributed by atoms with Crippen LogP contribution in [0.25, 0.3) is 0 Å². The second-order valence-corrected chi connectivity index (χ2v) is 6.88. The molecule has 0 aliphatic rings. The molecule has 128 valence electrons. The van der Waals surface area contributed by atoms with Gasteiger partial charge < -0.3 is 0 Å². The van der Waals surface area contributed by atoms with E-state index in [4.69, 9.17) is 0 Å². The van der Waals surface area contributed by atoms with Crippen LogP contribution < -0.4 is 0 Å². The van der Waals surface area contributed by atoms with E-state index < -0.39 is 0 Å². The molecule has 2 heteroatoms. The second kappa shape index (κ2) is 13.8. The number of nitrogens with zero attached hydrogens (tertiary/aromatic N) is 1. The monoisotopic (exact) mass is 306 g/mol. The van der Waals surface area contributed by atoms with Crippen molar-refractivity contribution >= 4 is 0 Å². The van der Waals surface area contributed by atoms with Crippen LogP contribution in [-0.2, 0) is 6.42 Å². The van der Waals surface area contributed by atoms with Gasteiger partial charge in [-0.15, -0.1) is 0 Å². The Morgan fingerprint density at radius 3 is 1.59 bits per heavy atom. The van der Waals surface area contributed by atoms with E-state index >= 15 is 0 Å². The van der Waals surface area contributed by atoms with Crippen LogP contribution in [-0.4, -0.2) is 10.2 Å². The summed E-state index contributed by atoms with van der Waals surface area (Å²) in [6, 6.07) is 0. The van der Waals surface area contributed by atoms with Gasteiger partial charge in [-0.2, -0.15) is 5.10 Å². The van der Waals surface area contributed by atoms with E-state index in [-0.39, 0.29) is 0 Å². The molecule has 0 saturated heterocycles. The summed E-state index contributed by atoms with van der Waals surface area (Å²) in [5.41, 5.74) is 2.65. The minimum atomic E-state index is 1.17. The first-order chi connectivity index (χ1) is 10.8. The van der Waals surface area contributed by atoms with Gasteiger partial charge in [0, 0.05) is 5.69 Å². The normalized spacial score (nSPS) is 11.2. The van der Waals surface area contributed by atoms with Crippen LogP contribution in [0.5, 0.6) is 0 Å². The van der Waals surface area contributed by atoms with Crippen molar-refractivity contribution in [3.8, 4) is 0 Å². The van der Waals surface area contributed by atoms with Crippen molar-refractivity contribution < 1.29 is 0 Å². The standard InChI is InChI=1S/C20H38N2/c1-3-4-5-6-7-8-9-10-11-12-13-14-15-16-17-20-19(2)18-21-22-20/h18H,3-17H2,1-2H3,(H,21,22). The molecule has 22 heavy (non-hydrogen) atoms. The zero-order chi connectivity index (χ0) is 15.9. The van der Waals surface area contributed by atoms with E-state index in [0.29, 0.717) is 0 Å². The molecule has 0 spiro atoms. The fraction of sp³-hybridized carbons (Fsp3) is 0.850. The maximum Gasteiger partial charge on any atom is 0.0519 e. The molecule has 0 unspecified atom stereocenters. The number of H-pyrrole nitrogens is 1. The van der Waals surface area contributed by atoms with Gasteiger partial charge in [-0.3, -0.25) is 5.10 Å². The number of hydrogen-bond acceptors (Lipinski definition) is 1. The maximum absolute atomic E-state index is 4.08. The van der Waals surface area contributed by atoms with Crippen molar-refractivity contribution in [2.24, 2.45) is 0 Å². The van der Waals surface area contributed by atoms with Gasteiger partial charge in [0.15, 0.2) is 0 Å². The molecule has 1 heterocycles. The highest BCUT2D eigenvalue weighted by atomic mass is 15.1. The lowest BCUT2D eigenvalue weighted by atomic mass is 10.0. The third kappa shape index (κ3) is 10.0. The molecule has 0 aromatic carbocycles. The van der Waals surface area contributed by atoms with Crippen molar-refractivity contribution in [1.29, 1.82) is 0 Å². The topological polar surface area (TPSA) is 28.7 Å². The van der Waals surface area contributed by atoms with Gasteiger partial charge in [0.05, 0.1) is 6.20 Å². The van der Waals surface area contributed by atoms with E-state index in [1.807, 2.05) is 6.20 Å². The highest BCUT2D eigenvalue weighted by Crippen LogP contribution is 2.14. The maximum atomic E-state index is 4.08. The second-order valence-electron chi connectivity index (χ2n) is 6.88. The van der Waals surface area contributed by atoms with Gasteiger partial charge >= 0.3 is 0 Å². The molecule has 0 aliphatic heterocycles. The average molecular weight is 307 g/mol. The minimum absolute atomic E-state index is 1.17. The van der Waals surface area contributed by atoms with Crippen molar-refractivity contribution in [3.63, 3.8) is 0 Å². The molecule has 0 saturated carbocycles. The summed E-state index contributed by atoms with van der Waals surface area (Å²) < 4.78 is 0. The van der Waals surface area contributed by atoms with Gasteiger partial charge in [-0.1, -0.05) is 90.4 Å². The number of nitrogens with one attached hydrogen (secondary N) is 1. The zero-order valence-electron chi connectivity index (χ0n) is 15.1. The first-order valence-corrected chi connectivity index (χ1v) is 9.83. The molecule has 1 aromatic rings. The van der Waals surface area contributed by atoms with E-state index in [2.05, 4.69) is 24.0 Å². The Balaban J connectivity index is 1.74. The van der Waals surface area contributed by atoms with Gasteiger partial charge in [0.25, 0.3) is 0 Å². The first-order valence-electron chi connectivity index (χ1n) is 9.83. The number of aryl methyl sites for hydroxylation is 2. The number of unbranched alkanes of at least 4 members (excludes halogenated alkanes) is 13. The van der Waals surface area contributed by atoms with Crippen LogP contribution in [0.2, 0.25) is 0 Å². The van der Waals surface area contributed by atoms with Crippen molar-refractivity contribution in [2.45, 2.75) is 110 Å². The molecule has 0 atom stereocenters. The SMILES string of the molecule is CCCCCCCCCCCCCCCCc1[nH]ncc1C. The van der Waals surface area contributed by atoms with E-state index in [0.717, 1.165) is 0 Å². The molecule has 1 rings (SSSR count). The smallest absolute Gasteiger partial charge is 0.0519 e. The summed E-state index contributed by atoms with van der Waals surface area (Å²) in [6.45, 7) is 4.43. The lowest BCUT2D eigenvalue weighted by Crippen LogP contribution is -1.89. The third-order valence-electron chi connectivity index (χ3n) is 4.71. The Bertz CT molecular complexity index is 343. The van der Waals surface area contributed by atoms with Crippen LogP contribution in [0.1, 0.15) is 108 Å². The van der Waals surface area contributed by atoms with E-state index in [1.165, 1.54) is 108 Å². The van der Waals surface area contributed by atoms with Gasteiger partial charge in [-0.25, -0.2) is 0 Å². The Labute approximate surface area is 138 Å². The van der Waals surface area contributed by atoms with Crippen molar-refractivity contribution in [3.05, 3.63) is 17.5 Å². The summed E-state index contributed by atoms with van der Waals surface area (Å²) in [6.07, 6.45) is 23.1. The molecule has 1 aromatic heterocycles. The molecule has 2 nitrogen and oxygen atoms in total. The number of rotatable bonds is 15. The van der Waals surface area contributed by atoms with Crippen LogP contribution in [0.3, 0.4) is 0 Å². The molecule has 1 N–H and O–H groups in total. The molecular formula is C20H38N2. The number of aromatic amines is 1. The molecule has 0 bridgehead atoms. The van der Waals surface area contributed by atoms with Crippen LogP contribution in [0, 0.1) is 6.92 Å². The van der Waals surface area contributed by atoms with Crippen LogP contribution in [0.4, 0.5) is 0 Å². The predicted octanol–water partition coefficient (Wildman–Crippen LogP) is 6.74. The average Bonchev–Trinajstić information content (AvgIpc) is 2.93. The lowest BCUT2D eigenvalue weighted by Gasteiger charge is -2.03. The summed E-state index contributed by atoms with van der Waals surface area (Å²) >= 11 is 0. The Morgan fingerprint density at radius 2 is 1.18 bits per heavy atom. The van der Waals surface area contributed by atoms with Gasteiger partial charge in [0.2, 0.25) is 0 Å². The lowest BCUT2D eigenvalue weighted by molar-refractivity contribution is 0.535.